The molecule has 1 aromatic heterocycles. The number of aliphatic carboxylic acids is 1. The summed E-state index contributed by atoms with van der Waals surface area (Å²) in [6.07, 6.45) is 3.38. The van der Waals surface area contributed by atoms with Crippen LogP contribution in [0.5, 0.6) is 0 Å². The van der Waals surface area contributed by atoms with Crippen LogP contribution < -0.4 is 5.32 Å². The lowest BCUT2D eigenvalue weighted by Crippen LogP contribution is -2.42. The lowest BCUT2D eigenvalue weighted by Gasteiger charge is -2.23. The SMILES string of the molecule is CCC(C)(C)NC(=O)c1ccc(/C=C/C(=O)O)s1. The van der Waals surface area contributed by atoms with E-state index in [0.29, 0.717) is 4.88 Å². The molecule has 1 aromatic rings. The normalized spacial score (nSPS) is 11.7. The van der Waals surface area contributed by atoms with Crippen molar-refractivity contribution in [2.24, 2.45) is 0 Å². The zero-order valence-corrected chi connectivity index (χ0v) is 11.5. The number of amides is 1. The summed E-state index contributed by atoms with van der Waals surface area (Å²) in [5.74, 6) is -1.12. The maximum absolute atomic E-state index is 11.9. The second kappa shape index (κ2) is 5.82. The summed E-state index contributed by atoms with van der Waals surface area (Å²) < 4.78 is 0. The van der Waals surface area contributed by atoms with Crippen LogP contribution in [0, 0.1) is 0 Å². The van der Waals surface area contributed by atoms with Gasteiger partial charge in [-0.3, -0.25) is 4.79 Å². The predicted octanol–water partition coefficient (Wildman–Crippen LogP) is 2.76. The zero-order valence-electron chi connectivity index (χ0n) is 10.7. The summed E-state index contributed by atoms with van der Waals surface area (Å²) in [5.41, 5.74) is -0.238. The molecule has 5 heteroatoms. The van der Waals surface area contributed by atoms with Gasteiger partial charge >= 0.3 is 5.97 Å². The van der Waals surface area contributed by atoms with Crippen molar-refractivity contribution in [3.05, 3.63) is 28.0 Å². The highest BCUT2D eigenvalue weighted by Gasteiger charge is 2.19. The van der Waals surface area contributed by atoms with E-state index in [1.54, 1.807) is 12.1 Å². The van der Waals surface area contributed by atoms with Crippen LogP contribution in [0.3, 0.4) is 0 Å². The Morgan fingerprint density at radius 2 is 2.11 bits per heavy atom. The monoisotopic (exact) mass is 267 g/mol. The number of hydrogen-bond acceptors (Lipinski definition) is 3. The molecule has 2 N–H and O–H groups in total. The molecule has 98 valence electrons. The van der Waals surface area contributed by atoms with Crippen LogP contribution in [-0.2, 0) is 4.79 Å². The molecule has 0 fully saturated rings. The van der Waals surface area contributed by atoms with Crippen molar-refractivity contribution < 1.29 is 14.7 Å². The Morgan fingerprint density at radius 1 is 1.44 bits per heavy atom. The Labute approximate surface area is 110 Å². The van der Waals surface area contributed by atoms with Crippen molar-refractivity contribution >= 4 is 29.3 Å². The predicted molar refractivity (Wildman–Crippen MR) is 72.8 cm³/mol. The summed E-state index contributed by atoms with van der Waals surface area (Å²) in [6.45, 7) is 5.93. The van der Waals surface area contributed by atoms with Gasteiger partial charge in [-0.25, -0.2) is 4.79 Å². The Balaban J connectivity index is 2.74. The fourth-order valence-electron chi connectivity index (χ4n) is 1.18. The maximum Gasteiger partial charge on any atom is 0.328 e. The Bertz CT molecular complexity index is 474. The van der Waals surface area contributed by atoms with E-state index in [4.69, 9.17) is 5.11 Å². The molecule has 1 rings (SSSR count). The highest BCUT2D eigenvalue weighted by molar-refractivity contribution is 7.14. The molecule has 0 atom stereocenters. The highest BCUT2D eigenvalue weighted by atomic mass is 32.1. The van der Waals surface area contributed by atoms with Gasteiger partial charge in [0.1, 0.15) is 0 Å². The molecule has 0 saturated heterocycles. The van der Waals surface area contributed by atoms with E-state index in [2.05, 4.69) is 5.32 Å². The third-order valence-electron chi connectivity index (χ3n) is 2.58. The van der Waals surface area contributed by atoms with Gasteiger partial charge < -0.3 is 10.4 Å². The topological polar surface area (TPSA) is 66.4 Å². The summed E-state index contributed by atoms with van der Waals surface area (Å²) in [7, 11) is 0. The maximum atomic E-state index is 11.9. The highest BCUT2D eigenvalue weighted by Crippen LogP contribution is 2.19. The number of carbonyl (C=O) groups is 2. The fraction of sp³-hybridized carbons (Fsp3) is 0.385. The van der Waals surface area contributed by atoms with Gasteiger partial charge in [0.15, 0.2) is 0 Å². The molecule has 0 aromatic carbocycles. The van der Waals surface area contributed by atoms with E-state index in [0.717, 1.165) is 17.4 Å². The number of thiophene rings is 1. The average Bonchev–Trinajstić information content (AvgIpc) is 2.74. The molecular weight excluding hydrogens is 250 g/mol. The molecule has 0 saturated carbocycles. The summed E-state index contributed by atoms with van der Waals surface area (Å²) in [4.78, 5) is 23.6. The quantitative estimate of drug-likeness (QED) is 0.806. The molecule has 0 radical (unpaired) electrons. The van der Waals surface area contributed by atoms with Gasteiger partial charge in [0, 0.05) is 16.5 Å². The van der Waals surface area contributed by atoms with Gasteiger partial charge in [0.25, 0.3) is 5.91 Å². The first kappa shape index (κ1) is 14.4. The third kappa shape index (κ3) is 4.33. The second-order valence-electron chi connectivity index (χ2n) is 4.57. The molecule has 4 nitrogen and oxygen atoms in total. The summed E-state index contributed by atoms with van der Waals surface area (Å²) >= 11 is 1.27. The molecule has 0 aliphatic rings. The standard InChI is InChI=1S/C13H17NO3S/c1-4-13(2,3)14-12(17)10-7-5-9(18-10)6-8-11(15)16/h5-8H,4H2,1-3H3,(H,14,17)(H,15,16)/b8-6+. The van der Waals surface area contributed by atoms with E-state index >= 15 is 0 Å². The van der Waals surface area contributed by atoms with Crippen LogP contribution in [0.15, 0.2) is 18.2 Å². The minimum Gasteiger partial charge on any atom is -0.478 e. The van der Waals surface area contributed by atoms with Crippen LogP contribution in [0.2, 0.25) is 0 Å². The van der Waals surface area contributed by atoms with Gasteiger partial charge in [-0.15, -0.1) is 11.3 Å². The third-order valence-corrected chi connectivity index (χ3v) is 3.63. The first-order chi connectivity index (χ1) is 8.34. The Morgan fingerprint density at radius 3 is 2.67 bits per heavy atom. The fourth-order valence-corrected chi connectivity index (χ4v) is 1.98. The van der Waals surface area contributed by atoms with Crippen molar-refractivity contribution in [2.75, 3.05) is 0 Å². The molecular formula is C13H17NO3S. The van der Waals surface area contributed by atoms with Crippen LogP contribution in [0.4, 0.5) is 0 Å². The van der Waals surface area contributed by atoms with E-state index in [1.807, 2.05) is 20.8 Å². The van der Waals surface area contributed by atoms with Gasteiger partial charge in [-0.05, 0) is 38.5 Å². The van der Waals surface area contributed by atoms with Gasteiger partial charge in [-0.1, -0.05) is 6.92 Å². The summed E-state index contributed by atoms with van der Waals surface area (Å²) in [5, 5.41) is 11.4. The zero-order chi connectivity index (χ0) is 13.8. The smallest absolute Gasteiger partial charge is 0.328 e. The first-order valence-corrected chi connectivity index (χ1v) is 6.49. The van der Waals surface area contributed by atoms with Crippen LogP contribution >= 0.6 is 11.3 Å². The van der Waals surface area contributed by atoms with Crippen molar-refractivity contribution in [3.8, 4) is 0 Å². The molecule has 18 heavy (non-hydrogen) atoms. The van der Waals surface area contributed by atoms with E-state index in [-0.39, 0.29) is 11.4 Å². The van der Waals surface area contributed by atoms with E-state index in [9.17, 15) is 9.59 Å². The molecule has 0 aliphatic heterocycles. The minimum absolute atomic E-state index is 0.123. The molecule has 0 bridgehead atoms. The number of nitrogens with one attached hydrogen (secondary N) is 1. The Kier molecular flexibility index (Phi) is 4.67. The van der Waals surface area contributed by atoms with Crippen LogP contribution in [0.25, 0.3) is 6.08 Å². The molecule has 1 heterocycles. The van der Waals surface area contributed by atoms with Gasteiger partial charge in [0.05, 0.1) is 4.88 Å². The Hall–Kier alpha value is -1.62. The average molecular weight is 267 g/mol. The summed E-state index contributed by atoms with van der Waals surface area (Å²) in [6, 6.07) is 3.44. The number of carboxylic acids is 1. The lowest BCUT2D eigenvalue weighted by atomic mass is 10.0. The largest absolute Gasteiger partial charge is 0.478 e. The van der Waals surface area contributed by atoms with Crippen LogP contribution in [0.1, 0.15) is 41.7 Å². The van der Waals surface area contributed by atoms with Crippen molar-refractivity contribution in [1.29, 1.82) is 0 Å². The van der Waals surface area contributed by atoms with E-state index in [1.165, 1.54) is 17.4 Å². The van der Waals surface area contributed by atoms with Crippen molar-refractivity contribution in [3.63, 3.8) is 0 Å². The van der Waals surface area contributed by atoms with Crippen LogP contribution in [-0.4, -0.2) is 22.5 Å². The minimum atomic E-state index is -0.999. The number of carbonyl (C=O) groups excluding carboxylic acids is 1. The number of hydrogen-bond donors (Lipinski definition) is 2. The van der Waals surface area contributed by atoms with Crippen molar-refractivity contribution in [1.82, 2.24) is 5.32 Å². The van der Waals surface area contributed by atoms with Gasteiger partial charge in [-0.2, -0.15) is 0 Å². The lowest BCUT2D eigenvalue weighted by molar-refractivity contribution is -0.131. The second-order valence-corrected chi connectivity index (χ2v) is 5.68. The molecule has 0 spiro atoms. The molecule has 0 aliphatic carbocycles. The molecule has 1 amide bonds. The van der Waals surface area contributed by atoms with Gasteiger partial charge in [0.2, 0.25) is 0 Å². The first-order valence-electron chi connectivity index (χ1n) is 5.67. The van der Waals surface area contributed by atoms with E-state index < -0.39 is 5.97 Å². The number of carboxylic acid groups (broad SMARTS) is 1. The van der Waals surface area contributed by atoms with Crippen molar-refractivity contribution in [2.45, 2.75) is 32.7 Å². The number of rotatable bonds is 5. The molecule has 0 unspecified atom stereocenters.